The highest BCUT2D eigenvalue weighted by molar-refractivity contribution is 7.89. The van der Waals surface area contributed by atoms with Crippen molar-refractivity contribution in [3.8, 4) is 0 Å². The Morgan fingerprint density at radius 2 is 1.81 bits per heavy atom. The molecule has 1 fully saturated rings. The van der Waals surface area contributed by atoms with Crippen molar-refractivity contribution in [1.82, 2.24) is 29.2 Å². The van der Waals surface area contributed by atoms with Gasteiger partial charge in [0.05, 0.1) is 4.90 Å². The lowest BCUT2D eigenvalue weighted by molar-refractivity contribution is -0.122. The maximum atomic E-state index is 12.8. The van der Waals surface area contributed by atoms with Crippen LogP contribution in [0.1, 0.15) is 41.8 Å². The van der Waals surface area contributed by atoms with E-state index >= 15 is 0 Å². The van der Waals surface area contributed by atoms with Crippen molar-refractivity contribution < 1.29 is 13.2 Å². The smallest absolute Gasteiger partial charge is 0.252 e. The summed E-state index contributed by atoms with van der Waals surface area (Å²) in [6.45, 7) is 6.59. The summed E-state index contributed by atoms with van der Waals surface area (Å²) in [6, 6.07) is 6.88. The number of sulfonamides is 1. The summed E-state index contributed by atoms with van der Waals surface area (Å²) in [6.07, 6.45) is 3.57. The highest BCUT2D eigenvalue weighted by Gasteiger charge is 2.29. The molecule has 10 heteroatoms. The van der Waals surface area contributed by atoms with Crippen LogP contribution in [0.5, 0.6) is 0 Å². The van der Waals surface area contributed by atoms with Gasteiger partial charge < -0.3 is 5.32 Å². The molecule has 4 rings (SSSR count). The fourth-order valence-corrected chi connectivity index (χ4v) is 5.63. The van der Waals surface area contributed by atoms with Gasteiger partial charge in [0.15, 0.2) is 0 Å². The van der Waals surface area contributed by atoms with E-state index in [0.29, 0.717) is 49.4 Å². The first-order valence-electron chi connectivity index (χ1n) is 10.8. The number of carbonyl (C=O) groups is 1. The summed E-state index contributed by atoms with van der Waals surface area (Å²) in [7, 11) is -3.50. The minimum Gasteiger partial charge on any atom is -0.353 e. The lowest BCUT2D eigenvalue weighted by Gasteiger charge is -2.31. The Kier molecular flexibility index (Phi) is 6.25. The van der Waals surface area contributed by atoms with Gasteiger partial charge in [-0.3, -0.25) is 4.79 Å². The van der Waals surface area contributed by atoms with Crippen molar-refractivity contribution in [1.29, 1.82) is 0 Å². The molecular formula is C22H28N6O3S. The molecule has 0 aliphatic carbocycles. The lowest BCUT2D eigenvalue weighted by atomic mass is 10.0. The van der Waals surface area contributed by atoms with Crippen LogP contribution in [-0.2, 0) is 21.2 Å². The van der Waals surface area contributed by atoms with Crippen LogP contribution in [0.2, 0.25) is 0 Å². The van der Waals surface area contributed by atoms with E-state index in [9.17, 15) is 13.2 Å². The number of nitrogens with one attached hydrogen (secondary N) is 1. The van der Waals surface area contributed by atoms with Gasteiger partial charge in [-0.2, -0.15) is 14.4 Å². The summed E-state index contributed by atoms with van der Waals surface area (Å²) in [5.74, 6) is 0.517. The van der Waals surface area contributed by atoms with E-state index in [1.165, 1.54) is 10.6 Å². The second-order valence-corrected chi connectivity index (χ2v) is 10.2. The van der Waals surface area contributed by atoms with Crippen LogP contribution in [-0.4, -0.2) is 57.3 Å². The van der Waals surface area contributed by atoms with Gasteiger partial charge in [-0.1, -0.05) is 17.7 Å². The van der Waals surface area contributed by atoms with Crippen LogP contribution < -0.4 is 5.32 Å². The average Bonchev–Trinajstić information content (AvgIpc) is 3.23. The lowest BCUT2D eigenvalue weighted by Crippen LogP contribution is -2.46. The predicted molar refractivity (Wildman–Crippen MR) is 120 cm³/mol. The van der Waals surface area contributed by atoms with Crippen molar-refractivity contribution >= 4 is 21.7 Å². The van der Waals surface area contributed by atoms with E-state index in [1.807, 2.05) is 20.8 Å². The Bertz CT molecular complexity index is 1230. The summed E-state index contributed by atoms with van der Waals surface area (Å²) >= 11 is 0. The van der Waals surface area contributed by atoms with E-state index < -0.39 is 10.0 Å². The zero-order valence-electron chi connectivity index (χ0n) is 18.6. The summed E-state index contributed by atoms with van der Waals surface area (Å²) in [5.41, 5.74) is 3.81. The van der Waals surface area contributed by atoms with E-state index in [1.54, 1.807) is 28.8 Å². The van der Waals surface area contributed by atoms with Crippen molar-refractivity contribution in [2.75, 3.05) is 13.1 Å². The number of piperidine rings is 1. The van der Waals surface area contributed by atoms with Crippen LogP contribution in [0.15, 0.2) is 35.5 Å². The van der Waals surface area contributed by atoms with Gasteiger partial charge in [-0.05, 0) is 57.7 Å². The van der Waals surface area contributed by atoms with Gasteiger partial charge in [-0.15, -0.1) is 0 Å². The molecule has 0 atom stereocenters. The third kappa shape index (κ3) is 4.51. The number of aromatic nitrogens is 4. The molecule has 32 heavy (non-hydrogen) atoms. The average molecular weight is 457 g/mol. The second-order valence-electron chi connectivity index (χ2n) is 8.29. The van der Waals surface area contributed by atoms with Gasteiger partial charge in [0, 0.05) is 36.9 Å². The molecule has 1 aliphatic heterocycles. The van der Waals surface area contributed by atoms with Crippen molar-refractivity contribution in [2.24, 2.45) is 0 Å². The number of amides is 1. The normalized spacial score (nSPS) is 15.8. The molecule has 9 nitrogen and oxygen atoms in total. The second kappa shape index (κ2) is 8.95. The molecule has 1 aromatic carbocycles. The van der Waals surface area contributed by atoms with E-state index in [0.717, 1.165) is 22.5 Å². The molecule has 0 bridgehead atoms. The summed E-state index contributed by atoms with van der Waals surface area (Å²) in [4.78, 5) is 21.4. The summed E-state index contributed by atoms with van der Waals surface area (Å²) in [5, 5.41) is 7.25. The third-order valence-electron chi connectivity index (χ3n) is 6.07. The maximum Gasteiger partial charge on any atom is 0.252 e. The fourth-order valence-electron chi connectivity index (χ4n) is 4.16. The van der Waals surface area contributed by atoms with Crippen LogP contribution in [0.3, 0.4) is 0 Å². The number of nitrogens with zero attached hydrogens (tertiary/aromatic N) is 5. The molecule has 0 unspecified atom stereocenters. The first-order valence-corrected chi connectivity index (χ1v) is 12.2. The highest BCUT2D eigenvalue weighted by atomic mass is 32.2. The van der Waals surface area contributed by atoms with Gasteiger partial charge in [0.2, 0.25) is 15.9 Å². The van der Waals surface area contributed by atoms with Crippen molar-refractivity contribution in [3.63, 3.8) is 0 Å². The fraction of sp³-hybridized carbons (Fsp3) is 0.455. The summed E-state index contributed by atoms with van der Waals surface area (Å²) < 4.78 is 28.9. The maximum absolute atomic E-state index is 12.8. The van der Waals surface area contributed by atoms with Crippen LogP contribution >= 0.6 is 0 Å². The standard InChI is InChI=1S/C22H28N6O3S/c1-15-4-6-19(7-5-15)32(30,31)27-12-10-18(11-13-27)26-21(29)9-8-20-16(2)25-22-23-14-24-28(22)17(20)3/h4-7,14,18H,8-13H2,1-3H3,(H,26,29). The first kappa shape index (κ1) is 22.3. The Balaban J connectivity index is 1.31. The number of hydrogen-bond donors (Lipinski definition) is 1. The van der Waals surface area contributed by atoms with Gasteiger partial charge in [0.25, 0.3) is 5.78 Å². The minimum atomic E-state index is -3.50. The molecular weight excluding hydrogens is 428 g/mol. The third-order valence-corrected chi connectivity index (χ3v) is 7.98. The number of rotatable bonds is 6. The van der Waals surface area contributed by atoms with Crippen molar-refractivity contribution in [3.05, 3.63) is 53.1 Å². The molecule has 3 heterocycles. The first-order chi connectivity index (χ1) is 15.3. The van der Waals surface area contributed by atoms with E-state index in [2.05, 4.69) is 20.4 Å². The predicted octanol–water partition coefficient (Wildman–Crippen LogP) is 1.95. The van der Waals surface area contributed by atoms with Crippen LogP contribution in [0.25, 0.3) is 5.78 Å². The van der Waals surface area contributed by atoms with Gasteiger partial charge in [-0.25, -0.2) is 17.9 Å². The number of benzene rings is 1. The number of carbonyl (C=O) groups excluding carboxylic acids is 1. The molecule has 170 valence electrons. The largest absolute Gasteiger partial charge is 0.353 e. The van der Waals surface area contributed by atoms with Crippen LogP contribution in [0, 0.1) is 20.8 Å². The quantitative estimate of drug-likeness (QED) is 0.607. The molecule has 0 radical (unpaired) electrons. The Labute approximate surface area is 187 Å². The van der Waals surface area contributed by atoms with Crippen LogP contribution in [0.4, 0.5) is 0 Å². The SMILES string of the molecule is Cc1ccc(S(=O)(=O)N2CCC(NC(=O)CCc3c(C)nc4ncnn4c3C)CC2)cc1. The van der Waals surface area contributed by atoms with Crippen molar-refractivity contribution in [2.45, 2.75) is 57.4 Å². The molecule has 2 aromatic heterocycles. The Morgan fingerprint density at radius 3 is 2.50 bits per heavy atom. The number of hydrogen-bond acceptors (Lipinski definition) is 6. The molecule has 0 saturated carbocycles. The highest BCUT2D eigenvalue weighted by Crippen LogP contribution is 2.21. The van der Waals surface area contributed by atoms with E-state index in [-0.39, 0.29) is 11.9 Å². The Morgan fingerprint density at radius 1 is 1.12 bits per heavy atom. The zero-order valence-corrected chi connectivity index (χ0v) is 19.4. The molecule has 3 aromatic rings. The van der Waals surface area contributed by atoms with Gasteiger partial charge >= 0.3 is 0 Å². The monoisotopic (exact) mass is 456 g/mol. The molecule has 0 spiro atoms. The molecule has 1 amide bonds. The zero-order chi connectivity index (χ0) is 22.9. The van der Waals surface area contributed by atoms with Gasteiger partial charge in [0.1, 0.15) is 6.33 Å². The molecule has 1 aliphatic rings. The van der Waals surface area contributed by atoms with E-state index in [4.69, 9.17) is 0 Å². The number of aryl methyl sites for hydroxylation is 3. The minimum absolute atomic E-state index is 0.0231. The Hall–Kier alpha value is -2.85. The number of fused-ring (bicyclic) bond motifs is 1. The molecule has 1 saturated heterocycles. The topological polar surface area (TPSA) is 110 Å². The molecule has 1 N–H and O–H groups in total.